The van der Waals surface area contributed by atoms with Crippen molar-refractivity contribution in [2.75, 3.05) is 13.7 Å². The maximum absolute atomic E-state index is 12.4. The van der Waals surface area contributed by atoms with E-state index in [-0.39, 0.29) is 18.3 Å². The first kappa shape index (κ1) is 22.0. The number of carbonyl (C=O) groups is 1. The molecule has 0 saturated heterocycles. The number of amides is 1. The van der Waals surface area contributed by atoms with Gasteiger partial charge in [-0.3, -0.25) is 9.89 Å². The molecule has 4 aromatic rings. The zero-order valence-corrected chi connectivity index (χ0v) is 18.5. The van der Waals surface area contributed by atoms with Gasteiger partial charge >= 0.3 is 0 Å². The molecule has 168 valence electrons. The van der Waals surface area contributed by atoms with E-state index >= 15 is 0 Å². The van der Waals surface area contributed by atoms with E-state index in [2.05, 4.69) is 10.2 Å². The molecule has 0 saturated carbocycles. The Kier molecular flexibility index (Phi) is 6.59. The number of ether oxygens (including phenoxy) is 2. The van der Waals surface area contributed by atoms with E-state index in [1.807, 2.05) is 67.6 Å². The van der Waals surface area contributed by atoms with Crippen LogP contribution in [-0.4, -0.2) is 39.8 Å². The summed E-state index contributed by atoms with van der Waals surface area (Å²) in [6.45, 7) is 2.21. The second kappa shape index (κ2) is 9.91. The number of aromatic amines is 1. The Balaban J connectivity index is 1.43. The Labute approximate surface area is 192 Å². The van der Waals surface area contributed by atoms with Crippen LogP contribution >= 0.6 is 0 Å². The van der Waals surface area contributed by atoms with Gasteiger partial charge in [-0.2, -0.15) is 5.10 Å². The minimum atomic E-state index is -0.163. The fourth-order valence-electron chi connectivity index (χ4n) is 3.33. The third-order valence-electron chi connectivity index (χ3n) is 5.13. The zero-order valence-electron chi connectivity index (χ0n) is 18.5. The number of aromatic nitrogens is 2. The van der Waals surface area contributed by atoms with E-state index in [0.29, 0.717) is 35.1 Å². The van der Waals surface area contributed by atoms with Crippen molar-refractivity contribution in [2.45, 2.75) is 13.5 Å². The molecule has 2 N–H and O–H groups in total. The Morgan fingerprint density at radius 2 is 1.70 bits per heavy atom. The van der Waals surface area contributed by atoms with Crippen molar-refractivity contribution >= 4 is 5.91 Å². The van der Waals surface area contributed by atoms with E-state index in [9.17, 15) is 9.90 Å². The van der Waals surface area contributed by atoms with E-state index in [4.69, 9.17) is 9.47 Å². The van der Waals surface area contributed by atoms with Gasteiger partial charge in [0.05, 0.1) is 5.69 Å². The van der Waals surface area contributed by atoms with Crippen molar-refractivity contribution in [3.8, 4) is 34.3 Å². The average molecular weight is 444 g/mol. The van der Waals surface area contributed by atoms with Crippen molar-refractivity contribution in [1.82, 2.24) is 15.1 Å². The molecule has 1 heterocycles. The highest BCUT2D eigenvalue weighted by atomic mass is 16.5. The van der Waals surface area contributed by atoms with Crippen LogP contribution in [0.1, 0.15) is 11.3 Å². The zero-order chi connectivity index (χ0) is 23.2. The number of nitrogens with zero attached hydrogens (tertiary/aromatic N) is 2. The molecular formula is C26H25N3O4. The Bertz CT molecular complexity index is 1220. The highest BCUT2D eigenvalue weighted by Crippen LogP contribution is 2.39. The lowest BCUT2D eigenvalue weighted by atomic mass is 10.1. The minimum absolute atomic E-state index is 0.0259. The summed E-state index contributed by atoms with van der Waals surface area (Å²) < 4.78 is 11.6. The first-order valence-electron chi connectivity index (χ1n) is 10.5. The predicted octanol–water partition coefficient (Wildman–Crippen LogP) is 4.92. The summed E-state index contributed by atoms with van der Waals surface area (Å²) in [5.74, 6) is 1.39. The average Bonchev–Trinajstić information content (AvgIpc) is 3.18. The number of phenols is 1. The number of phenolic OH excluding ortho intramolecular Hbond substituents is 1. The lowest BCUT2D eigenvalue weighted by molar-refractivity contribution is -0.132. The van der Waals surface area contributed by atoms with Gasteiger partial charge in [0.2, 0.25) is 0 Å². The van der Waals surface area contributed by atoms with Gasteiger partial charge in [-0.05, 0) is 36.8 Å². The fourth-order valence-corrected chi connectivity index (χ4v) is 3.33. The van der Waals surface area contributed by atoms with E-state index in [1.165, 1.54) is 6.07 Å². The van der Waals surface area contributed by atoms with Crippen molar-refractivity contribution in [3.63, 3.8) is 0 Å². The van der Waals surface area contributed by atoms with Crippen LogP contribution in [0.4, 0.5) is 0 Å². The second-order valence-corrected chi connectivity index (χ2v) is 7.64. The normalized spacial score (nSPS) is 10.6. The van der Waals surface area contributed by atoms with Crippen LogP contribution in [0.5, 0.6) is 23.0 Å². The third-order valence-corrected chi connectivity index (χ3v) is 5.13. The number of benzene rings is 3. The number of likely N-dealkylation sites (N-methyl/N-ethyl adjacent to an activating group) is 1. The lowest BCUT2D eigenvalue weighted by Crippen LogP contribution is -2.30. The van der Waals surface area contributed by atoms with Crippen LogP contribution in [0.15, 0.2) is 78.9 Å². The number of hydrogen-bond acceptors (Lipinski definition) is 5. The molecule has 4 rings (SSSR count). The van der Waals surface area contributed by atoms with Crippen LogP contribution < -0.4 is 9.47 Å². The van der Waals surface area contributed by atoms with Gasteiger partial charge in [0.1, 0.15) is 22.9 Å². The maximum Gasteiger partial charge on any atom is 0.260 e. The summed E-state index contributed by atoms with van der Waals surface area (Å²) >= 11 is 0. The van der Waals surface area contributed by atoms with Crippen LogP contribution in [-0.2, 0) is 11.3 Å². The highest BCUT2D eigenvalue weighted by molar-refractivity contribution is 5.78. The SMILES string of the molecule is Cc1[nH]nc(-c2ccc(OCC(=O)N(C)Cc3ccccc3)cc2O)c1Oc1ccccc1. The smallest absolute Gasteiger partial charge is 0.260 e. The number of rotatable bonds is 8. The fraction of sp³-hybridized carbons (Fsp3) is 0.154. The van der Waals surface area contributed by atoms with Crippen LogP contribution in [0, 0.1) is 6.92 Å². The molecular weight excluding hydrogens is 418 g/mol. The second-order valence-electron chi connectivity index (χ2n) is 7.64. The molecule has 0 aliphatic carbocycles. The molecule has 0 radical (unpaired) electrons. The van der Waals surface area contributed by atoms with Gasteiger partial charge in [0, 0.05) is 25.2 Å². The van der Waals surface area contributed by atoms with Crippen molar-refractivity contribution in [2.24, 2.45) is 0 Å². The molecule has 7 nitrogen and oxygen atoms in total. The molecule has 1 amide bonds. The van der Waals surface area contributed by atoms with Crippen LogP contribution in [0.3, 0.4) is 0 Å². The lowest BCUT2D eigenvalue weighted by Gasteiger charge is -2.17. The van der Waals surface area contributed by atoms with Gasteiger partial charge in [0.15, 0.2) is 12.4 Å². The molecule has 0 bridgehead atoms. The van der Waals surface area contributed by atoms with Crippen molar-refractivity contribution in [3.05, 3.63) is 90.1 Å². The Hall–Kier alpha value is -4.26. The first-order valence-corrected chi connectivity index (χ1v) is 10.5. The molecule has 3 aromatic carbocycles. The quantitative estimate of drug-likeness (QED) is 0.404. The van der Waals surface area contributed by atoms with Gasteiger partial charge in [-0.25, -0.2) is 0 Å². The van der Waals surface area contributed by atoms with Gasteiger partial charge in [0.25, 0.3) is 5.91 Å². The first-order chi connectivity index (χ1) is 16.0. The summed E-state index contributed by atoms with van der Waals surface area (Å²) in [4.78, 5) is 14.0. The number of para-hydroxylation sites is 1. The molecule has 33 heavy (non-hydrogen) atoms. The number of carbonyl (C=O) groups excluding carboxylic acids is 1. The third kappa shape index (κ3) is 5.33. The van der Waals surface area contributed by atoms with Crippen LogP contribution in [0.25, 0.3) is 11.3 Å². The molecule has 0 unspecified atom stereocenters. The maximum atomic E-state index is 12.4. The molecule has 0 aliphatic rings. The number of H-pyrrole nitrogens is 1. The molecule has 7 heteroatoms. The Morgan fingerprint density at radius 1 is 1.00 bits per heavy atom. The summed E-state index contributed by atoms with van der Waals surface area (Å²) in [5, 5.41) is 17.8. The van der Waals surface area contributed by atoms with Crippen LogP contribution in [0.2, 0.25) is 0 Å². The van der Waals surface area contributed by atoms with Gasteiger partial charge < -0.3 is 19.5 Å². The summed E-state index contributed by atoms with van der Waals surface area (Å²) in [6, 6.07) is 24.0. The van der Waals surface area contributed by atoms with Gasteiger partial charge in [-0.1, -0.05) is 48.5 Å². The number of aryl methyl sites for hydroxylation is 1. The monoisotopic (exact) mass is 443 g/mol. The molecule has 0 fully saturated rings. The Morgan fingerprint density at radius 3 is 2.39 bits per heavy atom. The van der Waals surface area contributed by atoms with E-state index in [1.54, 1.807) is 24.1 Å². The topological polar surface area (TPSA) is 87.7 Å². The number of nitrogens with one attached hydrogen (secondary N) is 1. The van der Waals surface area contributed by atoms with Crippen molar-refractivity contribution in [1.29, 1.82) is 0 Å². The van der Waals surface area contributed by atoms with E-state index in [0.717, 1.165) is 11.3 Å². The molecule has 0 aliphatic heterocycles. The van der Waals surface area contributed by atoms with E-state index < -0.39 is 0 Å². The minimum Gasteiger partial charge on any atom is -0.507 e. The summed E-state index contributed by atoms with van der Waals surface area (Å²) in [5.41, 5.74) is 2.75. The predicted molar refractivity (Wildman–Crippen MR) is 125 cm³/mol. The molecule has 1 aromatic heterocycles. The highest BCUT2D eigenvalue weighted by Gasteiger charge is 2.19. The standard InChI is InChI=1S/C26H25N3O4/c1-18-26(33-20-11-7-4-8-12-20)25(28-27-18)22-14-13-21(15-23(22)30)32-17-24(31)29(2)16-19-9-5-3-6-10-19/h3-15,30H,16-17H2,1-2H3,(H,27,28). The largest absolute Gasteiger partial charge is 0.507 e. The number of aromatic hydroxyl groups is 1. The molecule has 0 atom stereocenters. The van der Waals surface area contributed by atoms with Crippen molar-refractivity contribution < 1.29 is 19.4 Å². The summed E-state index contributed by atoms with van der Waals surface area (Å²) in [6.07, 6.45) is 0. The molecule has 0 spiro atoms. The van der Waals surface area contributed by atoms with Gasteiger partial charge in [-0.15, -0.1) is 0 Å². The summed E-state index contributed by atoms with van der Waals surface area (Å²) in [7, 11) is 1.73. The number of hydrogen-bond donors (Lipinski definition) is 2.